The number of unbranched alkanes of at least 4 members (excludes halogenated alkanes) is 26. The highest BCUT2D eigenvalue weighted by Gasteiger charge is 2.19. The van der Waals surface area contributed by atoms with Gasteiger partial charge in [0.05, 0.1) is 0 Å². The highest BCUT2D eigenvalue weighted by Crippen LogP contribution is 2.16. The molecule has 0 aromatic heterocycles. The van der Waals surface area contributed by atoms with Crippen LogP contribution in [0.1, 0.15) is 253 Å². The summed E-state index contributed by atoms with van der Waals surface area (Å²) in [5.41, 5.74) is 0. The molecule has 53 heavy (non-hydrogen) atoms. The van der Waals surface area contributed by atoms with Crippen LogP contribution in [0.25, 0.3) is 0 Å². The van der Waals surface area contributed by atoms with Crippen LogP contribution in [0, 0.1) is 11.8 Å². The summed E-state index contributed by atoms with van der Waals surface area (Å²) < 4.78 is 16.7. The van der Waals surface area contributed by atoms with Gasteiger partial charge in [-0.25, -0.2) is 0 Å². The molecular weight excluding hydrogens is 661 g/mol. The van der Waals surface area contributed by atoms with E-state index in [9.17, 15) is 14.4 Å². The molecule has 0 aliphatic heterocycles. The van der Waals surface area contributed by atoms with Crippen LogP contribution in [-0.4, -0.2) is 37.2 Å². The van der Waals surface area contributed by atoms with E-state index in [1.165, 1.54) is 141 Å². The lowest BCUT2D eigenvalue weighted by Crippen LogP contribution is -2.30. The number of carbonyl (C=O) groups is 3. The van der Waals surface area contributed by atoms with Crippen molar-refractivity contribution in [2.24, 2.45) is 11.8 Å². The van der Waals surface area contributed by atoms with Crippen molar-refractivity contribution in [2.75, 3.05) is 13.2 Å². The van der Waals surface area contributed by atoms with Gasteiger partial charge in [-0.1, -0.05) is 214 Å². The van der Waals surface area contributed by atoms with Crippen LogP contribution in [0.3, 0.4) is 0 Å². The molecule has 0 heterocycles. The molecule has 0 saturated carbocycles. The van der Waals surface area contributed by atoms with E-state index in [2.05, 4.69) is 34.6 Å². The third-order valence-corrected chi connectivity index (χ3v) is 10.5. The molecule has 0 N–H and O–H groups in total. The lowest BCUT2D eigenvalue weighted by molar-refractivity contribution is -0.167. The highest BCUT2D eigenvalue weighted by atomic mass is 16.6. The Kier molecular flexibility index (Phi) is 38.9. The Morgan fingerprint density at radius 2 is 0.623 bits per heavy atom. The largest absolute Gasteiger partial charge is 0.462 e. The molecule has 1 atom stereocenters. The second-order valence-electron chi connectivity index (χ2n) is 17.0. The molecule has 0 aromatic rings. The van der Waals surface area contributed by atoms with Crippen LogP contribution in [0.2, 0.25) is 0 Å². The SMILES string of the molecule is CCCCCCCCCCCCCCCC(=O)OC[C@@H](COC(=O)CCCCCCCCC(C)C)OC(=O)CCCCCCCCCCCCC(C)C. The first-order chi connectivity index (χ1) is 25.7. The molecule has 0 saturated heterocycles. The summed E-state index contributed by atoms with van der Waals surface area (Å²) in [5.74, 6) is 0.719. The minimum absolute atomic E-state index is 0.0653. The fourth-order valence-electron chi connectivity index (χ4n) is 6.93. The van der Waals surface area contributed by atoms with Crippen LogP contribution >= 0.6 is 0 Å². The lowest BCUT2D eigenvalue weighted by atomic mass is 10.0. The summed E-state index contributed by atoms with van der Waals surface area (Å²) in [6, 6.07) is 0. The van der Waals surface area contributed by atoms with Crippen molar-refractivity contribution in [3.8, 4) is 0 Å². The zero-order valence-corrected chi connectivity index (χ0v) is 36.1. The quantitative estimate of drug-likeness (QED) is 0.0352. The third-order valence-electron chi connectivity index (χ3n) is 10.5. The molecule has 0 amide bonds. The summed E-state index contributed by atoms with van der Waals surface area (Å²) in [6.07, 6.45) is 38.1. The average Bonchev–Trinajstić information content (AvgIpc) is 3.12. The van der Waals surface area contributed by atoms with Crippen molar-refractivity contribution in [1.82, 2.24) is 0 Å². The van der Waals surface area contributed by atoms with Crippen molar-refractivity contribution in [2.45, 2.75) is 259 Å². The Hall–Kier alpha value is -1.59. The smallest absolute Gasteiger partial charge is 0.306 e. The normalized spacial score (nSPS) is 12.1. The Balaban J connectivity index is 4.32. The molecule has 6 heteroatoms. The van der Waals surface area contributed by atoms with Crippen molar-refractivity contribution in [3.63, 3.8) is 0 Å². The number of ether oxygens (including phenoxy) is 3. The molecule has 0 aromatic carbocycles. The molecule has 0 aliphatic rings. The van der Waals surface area contributed by atoms with E-state index < -0.39 is 6.10 Å². The summed E-state index contributed by atoms with van der Waals surface area (Å²) in [4.78, 5) is 37.7. The first-order valence-corrected chi connectivity index (χ1v) is 23.2. The van der Waals surface area contributed by atoms with Gasteiger partial charge >= 0.3 is 17.9 Å². The Labute approximate surface area is 329 Å². The summed E-state index contributed by atoms with van der Waals surface area (Å²) in [5, 5.41) is 0. The molecule has 0 radical (unpaired) electrons. The van der Waals surface area contributed by atoms with Crippen molar-refractivity contribution in [3.05, 3.63) is 0 Å². The van der Waals surface area contributed by atoms with Gasteiger partial charge in [0, 0.05) is 19.3 Å². The van der Waals surface area contributed by atoms with Crippen molar-refractivity contribution in [1.29, 1.82) is 0 Å². The monoisotopic (exact) mass is 751 g/mol. The molecule has 6 nitrogen and oxygen atoms in total. The molecule has 0 fully saturated rings. The number of carbonyl (C=O) groups excluding carboxylic acids is 3. The minimum atomic E-state index is -0.761. The highest BCUT2D eigenvalue weighted by molar-refractivity contribution is 5.71. The number of hydrogen-bond acceptors (Lipinski definition) is 6. The molecule has 314 valence electrons. The first-order valence-electron chi connectivity index (χ1n) is 23.2. The van der Waals surface area contributed by atoms with Crippen molar-refractivity contribution < 1.29 is 28.6 Å². The van der Waals surface area contributed by atoms with E-state index in [0.717, 1.165) is 69.6 Å². The average molecular weight is 751 g/mol. The zero-order chi connectivity index (χ0) is 39.0. The number of rotatable bonds is 41. The fourth-order valence-corrected chi connectivity index (χ4v) is 6.93. The molecule has 0 bridgehead atoms. The predicted molar refractivity (Wildman–Crippen MR) is 224 cm³/mol. The van der Waals surface area contributed by atoms with E-state index in [0.29, 0.717) is 19.3 Å². The number of esters is 3. The van der Waals surface area contributed by atoms with E-state index in [1.54, 1.807) is 0 Å². The first kappa shape index (κ1) is 51.4. The van der Waals surface area contributed by atoms with Gasteiger partial charge in [-0.05, 0) is 31.1 Å². The van der Waals surface area contributed by atoms with E-state index in [1.807, 2.05) is 0 Å². The van der Waals surface area contributed by atoms with E-state index in [4.69, 9.17) is 14.2 Å². The topological polar surface area (TPSA) is 78.9 Å². The predicted octanol–water partition coefficient (Wildman–Crippen LogP) is 14.6. The second kappa shape index (κ2) is 40.1. The van der Waals surface area contributed by atoms with Gasteiger partial charge in [-0.3, -0.25) is 14.4 Å². The van der Waals surface area contributed by atoms with Crippen LogP contribution in [0.4, 0.5) is 0 Å². The second-order valence-corrected chi connectivity index (χ2v) is 17.0. The van der Waals surface area contributed by atoms with Gasteiger partial charge in [0.1, 0.15) is 13.2 Å². The van der Waals surface area contributed by atoms with Gasteiger partial charge in [-0.15, -0.1) is 0 Å². The van der Waals surface area contributed by atoms with Gasteiger partial charge in [0.25, 0.3) is 0 Å². The van der Waals surface area contributed by atoms with Crippen LogP contribution in [0.15, 0.2) is 0 Å². The standard InChI is InChI=1S/C47H90O6/c1-6-7-8-9-10-11-12-13-14-18-21-27-32-37-45(48)51-40-44(41-52-46(49)38-33-28-24-23-26-31-36-43(4)5)53-47(50)39-34-29-22-19-16-15-17-20-25-30-35-42(2)3/h42-44H,6-41H2,1-5H3/t44-/m0/s1. The maximum absolute atomic E-state index is 12.7. The fraction of sp³-hybridized carbons (Fsp3) is 0.936. The summed E-state index contributed by atoms with van der Waals surface area (Å²) in [6.45, 7) is 11.3. The maximum atomic E-state index is 12.7. The van der Waals surface area contributed by atoms with E-state index in [-0.39, 0.29) is 31.1 Å². The minimum Gasteiger partial charge on any atom is -0.462 e. The molecule has 0 unspecified atom stereocenters. The van der Waals surface area contributed by atoms with Gasteiger partial charge < -0.3 is 14.2 Å². The zero-order valence-electron chi connectivity index (χ0n) is 36.1. The number of hydrogen-bond donors (Lipinski definition) is 0. The summed E-state index contributed by atoms with van der Waals surface area (Å²) in [7, 11) is 0. The molecule has 0 spiro atoms. The van der Waals surface area contributed by atoms with Gasteiger partial charge in [-0.2, -0.15) is 0 Å². The Morgan fingerprint density at radius 1 is 0.358 bits per heavy atom. The maximum Gasteiger partial charge on any atom is 0.306 e. The Morgan fingerprint density at radius 3 is 0.925 bits per heavy atom. The molecule has 0 rings (SSSR count). The third kappa shape index (κ3) is 41.4. The van der Waals surface area contributed by atoms with Crippen molar-refractivity contribution >= 4 is 17.9 Å². The summed E-state index contributed by atoms with van der Waals surface area (Å²) >= 11 is 0. The Bertz CT molecular complexity index is 809. The van der Waals surface area contributed by atoms with Crippen LogP contribution < -0.4 is 0 Å². The van der Waals surface area contributed by atoms with Crippen LogP contribution in [-0.2, 0) is 28.6 Å². The van der Waals surface area contributed by atoms with Gasteiger partial charge in [0.2, 0.25) is 0 Å². The lowest BCUT2D eigenvalue weighted by Gasteiger charge is -2.18. The van der Waals surface area contributed by atoms with E-state index >= 15 is 0 Å². The van der Waals surface area contributed by atoms with Crippen LogP contribution in [0.5, 0.6) is 0 Å². The molecular formula is C47H90O6. The van der Waals surface area contributed by atoms with Gasteiger partial charge in [0.15, 0.2) is 6.10 Å². The molecule has 0 aliphatic carbocycles.